The minimum absolute atomic E-state index is 0.150. The Morgan fingerprint density at radius 1 is 1.30 bits per heavy atom. The van der Waals surface area contributed by atoms with E-state index in [0.717, 1.165) is 18.5 Å². The quantitative estimate of drug-likeness (QED) is 0.813. The maximum absolute atomic E-state index is 12.8. The number of carbonyl (C=O) groups is 2. The summed E-state index contributed by atoms with van der Waals surface area (Å²) in [6.07, 6.45) is 5.54. The van der Waals surface area contributed by atoms with E-state index < -0.39 is 5.60 Å². The number of carbonyl (C=O) groups excluding carboxylic acids is 2. The Kier molecular flexibility index (Phi) is 6.74. The molecule has 2 aromatic rings. The van der Waals surface area contributed by atoms with Crippen LogP contribution in [-0.2, 0) is 11.2 Å². The summed E-state index contributed by atoms with van der Waals surface area (Å²) in [7, 11) is 0. The Morgan fingerprint density at radius 2 is 2.10 bits per heavy atom. The molecule has 2 aromatic heterocycles. The lowest BCUT2D eigenvalue weighted by atomic mass is 9.98. The van der Waals surface area contributed by atoms with Gasteiger partial charge >= 0.3 is 6.09 Å². The molecule has 2 amide bonds. The maximum Gasteiger partial charge on any atom is 0.410 e. The summed E-state index contributed by atoms with van der Waals surface area (Å²) in [5.41, 5.74) is 0.871. The lowest BCUT2D eigenvalue weighted by Gasteiger charge is -2.34. The molecule has 0 spiro atoms. The normalized spacial score (nSPS) is 16.9. The fourth-order valence-electron chi connectivity index (χ4n) is 3.64. The molecule has 1 fully saturated rings. The van der Waals surface area contributed by atoms with Gasteiger partial charge in [-0.25, -0.2) is 14.5 Å². The van der Waals surface area contributed by atoms with E-state index in [1.54, 1.807) is 22.0 Å². The van der Waals surface area contributed by atoms with Crippen molar-refractivity contribution in [1.29, 1.82) is 0 Å². The number of ether oxygens (including phenoxy) is 1. The standard InChI is InChI=1S/C22H31N5O3/c1-5-18-17(14-25-27(18)19-10-6-7-11-23-19)20(28)24-13-16-9-8-12-26(15-16)21(29)30-22(2,3)4/h6-7,10-11,14,16H,5,8-9,12-13,15H2,1-4H3,(H,24,28). The molecule has 0 saturated carbocycles. The molecular weight excluding hydrogens is 382 g/mol. The molecule has 1 atom stereocenters. The van der Waals surface area contributed by atoms with Crippen LogP contribution in [-0.4, -0.2) is 56.9 Å². The highest BCUT2D eigenvalue weighted by atomic mass is 16.6. The van der Waals surface area contributed by atoms with Crippen LogP contribution in [0.2, 0.25) is 0 Å². The first kappa shape index (κ1) is 21.8. The van der Waals surface area contributed by atoms with Crippen LogP contribution in [0.1, 0.15) is 56.6 Å². The molecule has 1 N–H and O–H groups in total. The Morgan fingerprint density at radius 3 is 2.77 bits per heavy atom. The maximum atomic E-state index is 12.8. The summed E-state index contributed by atoms with van der Waals surface area (Å²) < 4.78 is 7.19. The van der Waals surface area contributed by atoms with Gasteiger partial charge in [-0.3, -0.25) is 4.79 Å². The van der Waals surface area contributed by atoms with Crippen LogP contribution >= 0.6 is 0 Å². The van der Waals surface area contributed by atoms with Gasteiger partial charge in [0.2, 0.25) is 0 Å². The van der Waals surface area contributed by atoms with Crippen LogP contribution in [0.4, 0.5) is 4.79 Å². The summed E-state index contributed by atoms with van der Waals surface area (Å²) in [4.78, 5) is 31.2. The molecule has 1 aliphatic rings. The fraction of sp³-hybridized carbons (Fsp3) is 0.545. The Labute approximate surface area is 177 Å². The molecule has 1 saturated heterocycles. The van der Waals surface area contributed by atoms with E-state index in [1.807, 2.05) is 45.9 Å². The minimum atomic E-state index is -0.511. The first-order valence-electron chi connectivity index (χ1n) is 10.5. The van der Waals surface area contributed by atoms with Gasteiger partial charge in [0.1, 0.15) is 5.60 Å². The van der Waals surface area contributed by atoms with Gasteiger partial charge in [-0.05, 0) is 58.1 Å². The minimum Gasteiger partial charge on any atom is -0.444 e. The van der Waals surface area contributed by atoms with Gasteiger partial charge < -0.3 is 15.0 Å². The molecular formula is C22H31N5O3. The average Bonchev–Trinajstić information content (AvgIpc) is 3.16. The molecule has 8 heteroatoms. The Balaban J connectivity index is 1.61. The lowest BCUT2D eigenvalue weighted by Crippen LogP contribution is -2.45. The van der Waals surface area contributed by atoms with Gasteiger partial charge in [-0.2, -0.15) is 5.10 Å². The highest BCUT2D eigenvalue weighted by Crippen LogP contribution is 2.19. The van der Waals surface area contributed by atoms with E-state index in [9.17, 15) is 9.59 Å². The van der Waals surface area contributed by atoms with Crippen LogP contribution in [0, 0.1) is 5.92 Å². The summed E-state index contributed by atoms with van der Waals surface area (Å²) in [6.45, 7) is 9.37. The first-order valence-corrected chi connectivity index (χ1v) is 10.5. The van der Waals surface area contributed by atoms with Crippen molar-refractivity contribution in [3.63, 3.8) is 0 Å². The summed E-state index contributed by atoms with van der Waals surface area (Å²) in [5, 5.41) is 7.39. The molecule has 0 bridgehead atoms. The molecule has 1 unspecified atom stereocenters. The summed E-state index contributed by atoms with van der Waals surface area (Å²) in [5.74, 6) is 0.739. The number of likely N-dealkylation sites (tertiary alicyclic amines) is 1. The van der Waals surface area contributed by atoms with E-state index >= 15 is 0 Å². The van der Waals surface area contributed by atoms with Crippen molar-refractivity contribution in [3.05, 3.63) is 41.9 Å². The SMILES string of the molecule is CCc1c(C(=O)NCC2CCCN(C(=O)OC(C)(C)C)C2)cnn1-c1ccccn1. The van der Waals surface area contributed by atoms with Gasteiger partial charge in [-0.15, -0.1) is 0 Å². The van der Waals surface area contributed by atoms with Gasteiger partial charge in [0.05, 0.1) is 17.5 Å². The summed E-state index contributed by atoms with van der Waals surface area (Å²) in [6, 6.07) is 5.60. The predicted molar refractivity (Wildman–Crippen MR) is 114 cm³/mol. The zero-order chi connectivity index (χ0) is 21.7. The van der Waals surface area contributed by atoms with Crippen LogP contribution in [0.25, 0.3) is 5.82 Å². The second-order valence-corrected chi connectivity index (χ2v) is 8.60. The van der Waals surface area contributed by atoms with Crippen molar-refractivity contribution in [2.24, 2.45) is 5.92 Å². The molecule has 8 nitrogen and oxygen atoms in total. The molecule has 3 heterocycles. The third kappa shape index (κ3) is 5.37. The van der Waals surface area contributed by atoms with E-state index in [1.165, 1.54) is 0 Å². The van der Waals surface area contributed by atoms with Gasteiger partial charge in [-0.1, -0.05) is 13.0 Å². The van der Waals surface area contributed by atoms with E-state index in [4.69, 9.17) is 4.74 Å². The number of piperidine rings is 1. The lowest BCUT2D eigenvalue weighted by molar-refractivity contribution is 0.0167. The van der Waals surface area contributed by atoms with Crippen LogP contribution in [0.5, 0.6) is 0 Å². The van der Waals surface area contributed by atoms with Crippen molar-refractivity contribution >= 4 is 12.0 Å². The highest BCUT2D eigenvalue weighted by Gasteiger charge is 2.28. The topological polar surface area (TPSA) is 89.4 Å². The third-order valence-electron chi connectivity index (χ3n) is 5.04. The molecule has 0 aliphatic carbocycles. The highest BCUT2D eigenvalue weighted by molar-refractivity contribution is 5.95. The monoisotopic (exact) mass is 413 g/mol. The smallest absolute Gasteiger partial charge is 0.410 e. The van der Waals surface area contributed by atoms with E-state index in [-0.39, 0.29) is 17.9 Å². The predicted octanol–water partition coefficient (Wildman–Crippen LogP) is 3.21. The first-order chi connectivity index (χ1) is 14.3. The third-order valence-corrected chi connectivity index (χ3v) is 5.04. The zero-order valence-corrected chi connectivity index (χ0v) is 18.2. The van der Waals surface area contributed by atoms with Gasteiger partial charge in [0.25, 0.3) is 5.91 Å². The molecule has 3 rings (SSSR count). The number of hydrogen-bond acceptors (Lipinski definition) is 5. The number of aromatic nitrogens is 3. The second kappa shape index (κ2) is 9.28. The van der Waals surface area contributed by atoms with Crippen LogP contribution in [0.15, 0.2) is 30.6 Å². The number of nitrogens with zero attached hydrogens (tertiary/aromatic N) is 4. The molecule has 30 heavy (non-hydrogen) atoms. The fourth-order valence-corrected chi connectivity index (χ4v) is 3.64. The average molecular weight is 414 g/mol. The number of amides is 2. The zero-order valence-electron chi connectivity index (χ0n) is 18.2. The van der Waals surface area contributed by atoms with Crippen LogP contribution < -0.4 is 5.32 Å². The van der Waals surface area contributed by atoms with Crippen molar-refractivity contribution < 1.29 is 14.3 Å². The largest absolute Gasteiger partial charge is 0.444 e. The number of pyridine rings is 1. The van der Waals surface area contributed by atoms with Crippen LogP contribution in [0.3, 0.4) is 0 Å². The summed E-state index contributed by atoms with van der Waals surface area (Å²) >= 11 is 0. The van der Waals surface area contributed by atoms with Gasteiger partial charge in [0, 0.05) is 25.8 Å². The Hall–Kier alpha value is -2.90. The van der Waals surface area contributed by atoms with Crippen molar-refractivity contribution in [1.82, 2.24) is 25.0 Å². The molecule has 1 aliphatic heterocycles. The molecule has 162 valence electrons. The van der Waals surface area contributed by atoms with Gasteiger partial charge in [0.15, 0.2) is 5.82 Å². The van der Waals surface area contributed by atoms with E-state index in [0.29, 0.717) is 37.4 Å². The Bertz CT molecular complexity index is 873. The van der Waals surface area contributed by atoms with Crippen molar-refractivity contribution in [2.45, 2.75) is 52.6 Å². The molecule has 0 radical (unpaired) electrons. The van der Waals surface area contributed by atoms with E-state index in [2.05, 4.69) is 15.4 Å². The number of nitrogens with one attached hydrogen (secondary N) is 1. The van der Waals surface area contributed by atoms with Crippen molar-refractivity contribution in [3.8, 4) is 5.82 Å². The molecule has 0 aromatic carbocycles. The number of hydrogen-bond donors (Lipinski definition) is 1. The number of rotatable bonds is 5. The second-order valence-electron chi connectivity index (χ2n) is 8.60. The van der Waals surface area contributed by atoms with Crippen molar-refractivity contribution in [2.75, 3.05) is 19.6 Å².